The summed E-state index contributed by atoms with van der Waals surface area (Å²) in [6.07, 6.45) is 0.881. The van der Waals surface area contributed by atoms with Crippen LogP contribution in [0.5, 0.6) is 5.75 Å². The minimum atomic E-state index is -0.786. The van der Waals surface area contributed by atoms with Crippen molar-refractivity contribution in [1.82, 2.24) is 14.9 Å². The van der Waals surface area contributed by atoms with E-state index in [0.29, 0.717) is 6.42 Å². The van der Waals surface area contributed by atoms with Crippen LogP contribution in [0.2, 0.25) is 0 Å². The Hall–Kier alpha value is -3.44. The molecule has 1 saturated heterocycles. The molecule has 7 heteroatoms. The lowest BCUT2D eigenvalue weighted by molar-refractivity contribution is 0.0342. The predicted octanol–water partition coefficient (Wildman–Crippen LogP) is 2.41. The van der Waals surface area contributed by atoms with Crippen LogP contribution >= 0.6 is 0 Å². The number of rotatable bonds is 6. The third kappa shape index (κ3) is 6.12. The Morgan fingerprint density at radius 2 is 1.62 bits per heavy atom. The fourth-order valence-corrected chi connectivity index (χ4v) is 4.01. The topological polar surface area (TPSA) is 98.7 Å². The predicted molar refractivity (Wildman–Crippen MR) is 130 cm³/mol. The van der Waals surface area contributed by atoms with E-state index in [0.717, 1.165) is 49.5 Å². The molecule has 2 unspecified atom stereocenters. The van der Waals surface area contributed by atoms with E-state index in [1.54, 1.807) is 6.92 Å². The molecule has 3 N–H and O–H groups in total. The smallest absolute Gasteiger partial charge is 0.293 e. The molecule has 1 fully saturated rings. The second-order valence-electron chi connectivity index (χ2n) is 8.55. The molecule has 1 aromatic heterocycles. The highest BCUT2D eigenvalue weighted by atomic mass is 16.5. The van der Waals surface area contributed by atoms with Gasteiger partial charge in [-0.15, -0.1) is 0 Å². The van der Waals surface area contributed by atoms with Crippen molar-refractivity contribution >= 4 is 0 Å². The normalized spacial score (nSPS) is 15.8. The lowest BCUT2D eigenvalue weighted by Crippen LogP contribution is -2.35. The maximum absolute atomic E-state index is 11.7. The van der Waals surface area contributed by atoms with Gasteiger partial charge in [0.15, 0.2) is 0 Å². The van der Waals surface area contributed by atoms with Gasteiger partial charge in [-0.05, 0) is 48.7 Å². The van der Waals surface area contributed by atoms with Crippen molar-refractivity contribution in [1.29, 1.82) is 0 Å². The summed E-state index contributed by atoms with van der Waals surface area (Å²) in [5, 5.41) is 20.3. The molecule has 2 heterocycles. The minimum absolute atomic E-state index is 0.194. The summed E-state index contributed by atoms with van der Waals surface area (Å²) in [6.45, 7) is 6.09. The number of H-pyrrole nitrogens is 1. The molecule has 1 aliphatic heterocycles. The number of benzene rings is 2. The number of aromatic nitrogens is 2. The molecule has 1 aliphatic rings. The van der Waals surface area contributed by atoms with Crippen LogP contribution in [-0.4, -0.2) is 57.5 Å². The molecule has 0 bridgehead atoms. The SMILES string of the molecule is CC(O)C(Cc1ccc(C#Cc2ccc(CN3CCOCC3)cc2)cc1)c1nc[nH]c(=O)c1O. The Bertz CT molecular complexity index is 1200. The van der Waals surface area contributed by atoms with Gasteiger partial charge in [0.05, 0.1) is 31.3 Å². The molecule has 2 atom stereocenters. The fourth-order valence-electron chi connectivity index (χ4n) is 4.01. The second-order valence-corrected chi connectivity index (χ2v) is 8.55. The second kappa shape index (κ2) is 11.1. The van der Waals surface area contributed by atoms with Crippen molar-refractivity contribution in [2.75, 3.05) is 26.3 Å². The van der Waals surface area contributed by atoms with Crippen molar-refractivity contribution in [3.8, 4) is 17.6 Å². The van der Waals surface area contributed by atoms with Gasteiger partial charge in [0.1, 0.15) is 0 Å². The third-order valence-electron chi connectivity index (χ3n) is 6.02. The Kier molecular flexibility index (Phi) is 7.76. The molecule has 3 aromatic rings. The Morgan fingerprint density at radius 1 is 1.03 bits per heavy atom. The molecular weight excluding hydrogens is 430 g/mol. The van der Waals surface area contributed by atoms with E-state index in [4.69, 9.17) is 4.74 Å². The van der Waals surface area contributed by atoms with E-state index in [-0.39, 0.29) is 5.69 Å². The van der Waals surface area contributed by atoms with Crippen LogP contribution in [0.15, 0.2) is 59.7 Å². The average molecular weight is 460 g/mol. The highest BCUT2D eigenvalue weighted by Crippen LogP contribution is 2.27. The first-order valence-corrected chi connectivity index (χ1v) is 11.4. The molecule has 34 heavy (non-hydrogen) atoms. The first-order chi connectivity index (χ1) is 16.5. The molecule has 0 aliphatic carbocycles. The third-order valence-corrected chi connectivity index (χ3v) is 6.02. The molecule has 0 radical (unpaired) electrons. The van der Waals surface area contributed by atoms with E-state index in [9.17, 15) is 15.0 Å². The van der Waals surface area contributed by atoms with Gasteiger partial charge in [-0.3, -0.25) is 9.69 Å². The van der Waals surface area contributed by atoms with Gasteiger partial charge in [-0.2, -0.15) is 0 Å². The summed E-state index contributed by atoms with van der Waals surface area (Å²) in [6, 6.07) is 16.1. The summed E-state index contributed by atoms with van der Waals surface area (Å²) in [5.41, 5.74) is 3.64. The van der Waals surface area contributed by atoms with Gasteiger partial charge in [0.2, 0.25) is 5.75 Å². The van der Waals surface area contributed by atoms with Gasteiger partial charge >= 0.3 is 0 Å². The monoisotopic (exact) mass is 459 g/mol. The average Bonchev–Trinajstić information content (AvgIpc) is 2.85. The first kappa shape index (κ1) is 23.7. The zero-order valence-electron chi connectivity index (χ0n) is 19.2. The number of aromatic hydroxyl groups is 1. The van der Waals surface area contributed by atoms with E-state index < -0.39 is 23.3 Å². The van der Waals surface area contributed by atoms with Gasteiger partial charge in [0, 0.05) is 36.7 Å². The van der Waals surface area contributed by atoms with Crippen molar-refractivity contribution in [3.05, 3.63) is 93.2 Å². The van der Waals surface area contributed by atoms with Crippen molar-refractivity contribution < 1.29 is 14.9 Å². The largest absolute Gasteiger partial charge is 0.502 e. The van der Waals surface area contributed by atoms with Crippen LogP contribution in [0.3, 0.4) is 0 Å². The summed E-state index contributed by atoms with van der Waals surface area (Å²) < 4.78 is 5.40. The lowest BCUT2D eigenvalue weighted by atomic mass is 9.90. The number of aromatic amines is 1. The zero-order chi connectivity index (χ0) is 23.9. The lowest BCUT2D eigenvalue weighted by Gasteiger charge is -2.26. The van der Waals surface area contributed by atoms with Crippen molar-refractivity contribution in [2.45, 2.75) is 31.9 Å². The number of nitrogens with zero attached hydrogens (tertiary/aromatic N) is 2. The molecule has 0 saturated carbocycles. The van der Waals surface area contributed by atoms with Gasteiger partial charge < -0.3 is 19.9 Å². The van der Waals surface area contributed by atoms with Crippen molar-refractivity contribution in [3.63, 3.8) is 0 Å². The molecule has 0 spiro atoms. The number of nitrogens with one attached hydrogen (secondary N) is 1. The van der Waals surface area contributed by atoms with E-state index in [1.807, 2.05) is 36.4 Å². The highest BCUT2D eigenvalue weighted by molar-refractivity contribution is 5.44. The van der Waals surface area contributed by atoms with Crippen molar-refractivity contribution in [2.24, 2.45) is 0 Å². The molecule has 7 nitrogen and oxygen atoms in total. The standard InChI is InChI=1S/C27H29N3O4/c1-19(31)24(25-26(32)27(33)29-18-28-25)16-22-8-4-20(5-9-22)2-3-21-6-10-23(11-7-21)17-30-12-14-34-15-13-30/h4-11,18-19,24,31-32H,12-17H2,1H3,(H,28,29,33). The van der Waals surface area contributed by atoms with E-state index >= 15 is 0 Å². The minimum Gasteiger partial charge on any atom is -0.502 e. The van der Waals surface area contributed by atoms with Crippen LogP contribution in [0.4, 0.5) is 0 Å². The number of ether oxygens (including phenoxy) is 1. The number of hydrogen-bond acceptors (Lipinski definition) is 6. The summed E-state index contributed by atoms with van der Waals surface area (Å²) in [7, 11) is 0. The molecule has 4 rings (SSSR count). The molecule has 176 valence electrons. The fraction of sp³-hybridized carbons (Fsp3) is 0.333. The highest BCUT2D eigenvalue weighted by Gasteiger charge is 2.24. The van der Waals surface area contributed by atoms with Crippen LogP contribution in [0.1, 0.15) is 40.8 Å². The Balaban J connectivity index is 1.40. The van der Waals surface area contributed by atoms with E-state index in [1.165, 1.54) is 11.9 Å². The van der Waals surface area contributed by atoms with Crippen LogP contribution < -0.4 is 5.56 Å². The summed E-state index contributed by atoms with van der Waals surface area (Å²) in [4.78, 5) is 20.5. The molecule has 0 amide bonds. The Morgan fingerprint density at radius 3 is 2.21 bits per heavy atom. The molecular formula is C27H29N3O4. The maximum atomic E-state index is 11.7. The van der Waals surface area contributed by atoms with E-state index in [2.05, 4.69) is 38.8 Å². The van der Waals surface area contributed by atoms with Gasteiger partial charge in [-0.1, -0.05) is 36.1 Å². The van der Waals surface area contributed by atoms with Crippen LogP contribution in [0, 0.1) is 11.8 Å². The van der Waals surface area contributed by atoms with Crippen LogP contribution in [-0.2, 0) is 17.7 Å². The zero-order valence-corrected chi connectivity index (χ0v) is 19.2. The summed E-state index contributed by atoms with van der Waals surface area (Å²) >= 11 is 0. The summed E-state index contributed by atoms with van der Waals surface area (Å²) in [5.74, 6) is 5.44. The number of hydrogen-bond donors (Lipinski definition) is 3. The first-order valence-electron chi connectivity index (χ1n) is 11.4. The number of aliphatic hydroxyl groups is 1. The number of aliphatic hydroxyl groups excluding tert-OH is 1. The maximum Gasteiger partial charge on any atom is 0.293 e. The molecule has 2 aromatic carbocycles. The quantitative estimate of drug-likeness (QED) is 0.490. The van der Waals surface area contributed by atoms with Gasteiger partial charge in [-0.25, -0.2) is 4.98 Å². The number of morpholine rings is 1. The van der Waals surface area contributed by atoms with Crippen LogP contribution in [0.25, 0.3) is 0 Å². The van der Waals surface area contributed by atoms with Gasteiger partial charge in [0.25, 0.3) is 5.56 Å². The Labute approximate surface area is 199 Å².